The van der Waals surface area contributed by atoms with Gasteiger partial charge >= 0.3 is 0 Å². The minimum atomic E-state index is -0.274. The molecule has 2 N–H and O–H groups in total. The van der Waals surface area contributed by atoms with E-state index < -0.39 is 0 Å². The summed E-state index contributed by atoms with van der Waals surface area (Å²) in [5, 5.41) is 8.69. The lowest BCUT2D eigenvalue weighted by molar-refractivity contribution is -0.127. The molecule has 0 radical (unpaired) electrons. The SMILES string of the molecule is CC1CNCCC1NC(=O)C1CC(=O)N(c2cccc3ccccc23)C1.Cl. The first-order valence-corrected chi connectivity index (χ1v) is 9.42. The van der Waals surface area contributed by atoms with Crippen molar-refractivity contribution in [3.63, 3.8) is 0 Å². The summed E-state index contributed by atoms with van der Waals surface area (Å²) in [5.74, 6) is 0.183. The number of carbonyl (C=O) groups is 2. The molecule has 3 unspecified atom stereocenters. The average molecular weight is 388 g/mol. The van der Waals surface area contributed by atoms with E-state index in [1.165, 1.54) is 0 Å². The first-order valence-electron chi connectivity index (χ1n) is 9.42. The molecule has 2 aliphatic rings. The summed E-state index contributed by atoms with van der Waals surface area (Å²) in [6.07, 6.45) is 1.23. The summed E-state index contributed by atoms with van der Waals surface area (Å²) in [6, 6.07) is 14.2. The van der Waals surface area contributed by atoms with Crippen LogP contribution < -0.4 is 15.5 Å². The third kappa shape index (κ3) is 3.94. The highest BCUT2D eigenvalue weighted by Gasteiger charge is 2.37. The summed E-state index contributed by atoms with van der Waals surface area (Å²) in [7, 11) is 0. The summed E-state index contributed by atoms with van der Waals surface area (Å²) in [6.45, 7) is 4.47. The monoisotopic (exact) mass is 387 g/mol. The Morgan fingerprint density at radius 3 is 2.78 bits per heavy atom. The highest BCUT2D eigenvalue weighted by atomic mass is 35.5. The first-order chi connectivity index (χ1) is 12.6. The predicted octanol–water partition coefficient (Wildman–Crippen LogP) is 2.73. The molecular weight excluding hydrogens is 362 g/mol. The van der Waals surface area contributed by atoms with E-state index in [1.807, 2.05) is 42.5 Å². The Kier molecular flexibility index (Phi) is 6.02. The Hall–Kier alpha value is -2.11. The molecule has 2 heterocycles. The molecule has 0 spiro atoms. The standard InChI is InChI=1S/C21H25N3O2.ClH/c1-14-12-22-10-9-18(14)23-21(26)16-11-20(25)24(13-16)19-8-4-6-15-5-2-3-7-17(15)19;/h2-8,14,16,18,22H,9-13H2,1H3,(H,23,26);1H. The molecule has 2 fully saturated rings. The smallest absolute Gasteiger partial charge is 0.227 e. The van der Waals surface area contributed by atoms with Gasteiger partial charge in [-0.2, -0.15) is 0 Å². The largest absolute Gasteiger partial charge is 0.353 e. The zero-order chi connectivity index (χ0) is 18.1. The molecule has 0 saturated carbocycles. The van der Waals surface area contributed by atoms with E-state index in [9.17, 15) is 9.59 Å². The van der Waals surface area contributed by atoms with E-state index in [-0.39, 0.29) is 42.6 Å². The topological polar surface area (TPSA) is 61.4 Å². The number of rotatable bonds is 3. The molecule has 6 heteroatoms. The number of nitrogens with one attached hydrogen (secondary N) is 2. The minimum absolute atomic E-state index is 0. The van der Waals surface area contributed by atoms with E-state index in [0.717, 1.165) is 36.0 Å². The third-order valence-corrected chi connectivity index (χ3v) is 5.67. The second kappa shape index (κ2) is 8.28. The van der Waals surface area contributed by atoms with Crippen LogP contribution in [0.4, 0.5) is 5.69 Å². The Morgan fingerprint density at radius 2 is 1.96 bits per heavy atom. The van der Waals surface area contributed by atoms with Gasteiger partial charge in [0.2, 0.25) is 11.8 Å². The fourth-order valence-corrected chi connectivity index (χ4v) is 4.09. The van der Waals surface area contributed by atoms with Crippen LogP contribution in [0.15, 0.2) is 42.5 Å². The molecule has 2 aliphatic heterocycles. The summed E-state index contributed by atoms with van der Waals surface area (Å²) < 4.78 is 0. The van der Waals surface area contributed by atoms with Crippen LogP contribution in [0.5, 0.6) is 0 Å². The molecule has 2 saturated heterocycles. The number of anilines is 1. The highest BCUT2D eigenvalue weighted by Crippen LogP contribution is 2.31. The van der Waals surface area contributed by atoms with E-state index in [1.54, 1.807) is 4.90 Å². The highest BCUT2D eigenvalue weighted by molar-refractivity contribution is 6.07. The van der Waals surface area contributed by atoms with Crippen LogP contribution in [0.3, 0.4) is 0 Å². The van der Waals surface area contributed by atoms with Gasteiger partial charge in [0, 0.05) is 24.4 Å². The van der Waals surface area contributed by atoms with Crippen molar-refractivity contribution in [2.24, 2.45) is 11.8 Å². The number of halogens is 1. The van der Waals surface area contributed by atoms with Crippen LogP contribution in [0.1, 0.15) is 19.8 Å². The fraction of sp³-hybridized carbons (Fsp3) is 0.429. The van der Waals surface area contributed by atoms with Crippen LogP contribution >= 0.6 is 12.4 Å². The molecule has 2 aromatic carbocycles. The molecule has 2 aromatic rings. The van der Waals surface area contributed by atoms with Crippen molar-refractivity contribution in [1.29, 1.82) is 0 Å². The van der Waals surface area contributed by atoms with Gasteiger partial charge in [-0.25, -0.2) is 0 Å². The van der Waals surface area contributed by atoms with Gasteiger partial charge in [-0.15, -0.1) is 12.4 Å². The molecule has 5 nitrogen and oxygen atoms in total. The Bertz CT molecular complexity index is 836. The van der Waals surface area contributed by atoms with Crippen molar-refractivity contribution >= 4 is 40.7 Å². The van der Waals surface area contributed by atoms with Gasteiger partial charge in [-0.3, -0.25) is 9.59 Å². The maximum absolute atomic E-state index is 12.7. The number of hydrogen-bond donors (Lipinski definition) is 2. The van der Waals surface area contributed by atoms with Crippen molar-refractivity contribution in [2.45, 2.75) is 25.8 Å². The lowest BCUT2D eigenvalue weighted by atomic mass is 9.94. The summed E-state index contributed by atoms with van der Waals surface area (Å²) in [5.41, 5.74) is 0.902. The van der Waals surface area contributed by atoms with Crippen molar-refractivity contribution in [3.05, 3.63) is 42.5 Å². The van der Waals surface area contributed by atoms with Gasteiger partial charge in [0.05, 0.1) is 11.6 Å². The normalized spacial score (nSPS) is 25.3. The molecule has 0 aliphatic carbocycles. The molecule has 2 amide bonds. The maximum Gasteiger partial charge on any atom is 0.227 e. The molecule has 3 atom stereocenters. The van der Waals surface area contributed by atoms with E-state index in [0.29, 0.717) is 12.5 Å². The number of hydrogen-bond acceptors (Lipinski definition) is 3. The Labute approximate surface area is 165 Å². The molecule has 4 rings (SSSR count). The van der Waals surface area contributed by atoms with Gasteiger partial charge in [0.1, 0.15) is 0 Å². The minimum Gasteiger partial charge on any atom is -0.353 e. The number of benzene rings is 2. The van der Waals surface area contributed by atoms with Crippen molar-refractivity contribution in [1.82, 2.24) is 10.6 Å². The van der Waals surface area contributed by atoms with Crippen LogP contribution in [-0.2, 0) is 9.59 Å². The number of amides is 2. The van der Waals surface area contributed by atoms with Gasteiger partial charge in [-0.05, 0) is 36.9 Å². The van der Waals surface area contributed by atoms with Gasteiger partial charge in [-0.1, -0.05) is 43.3 Å². The lowest BCUT2D eigenvalue weighted by Crippen LogP contribution is -2.50. The van der Waals surface area contributed by atoms with Gasteiger partial charge in [0.15, 0.2) is 0 Å². The lowest BCUT2D eigenvalue weighted by Gasteiger charge is -2.31. The second-order valence-electron chi connectivity index (χ2n) is 7.49. The molecule has 0 bridgehead atoms. The number of fused-ring (bicyclic) bond motifs is 1. The zero-order valence-corrected chi connectivity index (χ0v) is 16.3. The number of carbonyl (C=O) groups excluding carboxylic acids is 2. The van der Waals surface area contributed by atoms with Gasteiger partial charge < -0.3 is 15.5 Å². The maximum atomic E-state index is 12.7. The van der Waals surface area contributed by atoms with Gasteiger partial charge in [0.25, 0.3) is 0 Å². The van der Waals surface area contributed by atoms with E-state index >= 15 is 0 Å². The predicted molar refractivity (Wildman–Crippen MR) is 110 cm³/mol. The second-order valence-corrected chi connectivity index (χ2v) is 7.49. The quantitative estimate of drug-likeness (QED) is 0.851. The summed E-state index contributed by atoms with van der Waals surface area (Å²) >= 11 is 0. The van der Waals surface area contributed by atoms with Crippen molar-refractivity contribution in [2.75, 3.05) is 24.5 Å². The van der Waals surface area contributed by atoms with Crippen molar-refractivity contribution < 1.29 is 9.59 Å². The van der Waals surface area contributed by atoms with E-state index in [2.05, 4.69) is 17.6 Å². The Morgan fingerprint density at radius 1 is 1.19 bits per heavy atom. The van der Waals surface area contributed by atoms with E-state index in [4.69, 9.17) is 0 Å². The molecule has 0 aromatic heterocycles. The fourth-order valence-electron chi connectivity index (χ4n) is 4.09. The molecule has 27 heavy (non-hydrogen) atoms. The van der Waals surface area contributed by atoms with Crippen LogP contribution in [-0.4, -0.2) is 37.5 Å². The summed E-state index contributed by atoms with van der Waals surface area (Å²) in [4.78, 5) is 27.1. The van der Waals surface area contributed by atoms with Crippen LogP contribution in [0.25, 0.3) is 10.8 Å². The molecular formula is C21H26ClN3O2. The van der Waals surface area contributed by atoms with Crippen molar-refractivity contribution in [3.8, 4) is 0 Å². The average Bonchev–Trinajstić information content (AvgIpc) is 3.05. The Balaban J connectivity index is 0.00000210. The van der Waals surface area contributed by atoms with Crippen LogP contribution in [0, 0.1) is 11.8 Å². The van der Waals surface area contributed by atoms with Crippen LogP contribution in [0.2, 0.25) is 0 Å². The zero-order valence-electron chi connectivity index (χ0n) is 15.5. The number of nitrogens with zero attached hydrogens (tertiary/aromatic N) is 1. The third-order valence-electron chi connectivity index (χ3n) is 5.67. The first kappa shape index (κ1) is 19.6. The molecule has 144 valence electrons. The number of piperidine rings is 1.